The molecule has 2 saturated heterocycles. The third-order valence-electron chi connectivity index (χ3n) is 5.40. The Labute approximate surface area is 154 Å². The number of carbonyl (C=O) groups excluding carboxylic acids is 1. The predicted octanol–water partition coefficient (Wildman–Crippen LogP) is 1.82. The third-order valence-corrected chi connectivity index (χ3v) is 5.40. The molecular weight excluding hydrogens is 326 g/mol. The predicted molar refractivity (Wildman–Crippen MR) is 102 cm³/mol. The average Bonchev–Trinajstić information content (AvgIpc) is 3.13. The van der Waals surface area contributed by atoms with Crippen molar-refractivity contribution in [2.75, 3.05) is 49.6 Å². The topological polar surface area (TPSA) is 52.6 Å². The summed E-state index contributed by atoms with van der Waals surface area (Å²) in [6.07, 6.45) is 3.92. The molecule has 2 fully saturated rings. The monoisotopic (exact) mass is 351 g/mol. The van der Waals surface area contributed by atoms with Crippen molar-refractivity contribution in [1.82, 2.24) is 14.9 Å². The van der Waals surface area contributed by atoms with Gasteiger partial charge in [0.15, 0.2) is 0 Å². The van der Waals surface area contributed by atoms with Gasteiger partial charge in [0.2, 0.25) is 5.91 Å². The van der Waals surface area contributed by atoms with E-state index in [-0.39, 0.29) is 5.91 Å². The Morgan fingerprint density at radius 3 is 2.58 bits per heavy atom. The van der Waals surface area contributed by atoms with Crippen molar-refractivity contribution in [2.45, 2.75) is 12.8 Å². The van der Waals surface area contributed by atoms with Crippen molar-refractivity contribution in [3.05, 3.63) is 48.3 Å². The number of hydrogen-bond donors (Lipinski definition) is 0. The normalized spacial score (nSPS) is 20.7. The van der Waals surface area contributed by atoms with E-state index < -0.39 is 0 Å². The van der Waals surface area contributed by atoms with E-state index in [4.69, 9.17) is 0 Å². The fourth-order valence-electron chi connectivity index (χ4n) is 3.79. The summed E-state index contributed by atoms with van der Waals surface area (Å²) in [6, 6.07) is 12.7. The Balaban J connectivity index is 1.42. The lowest BCUT2D eigenvalue weighted by Gasteiger charge is -2.33. The zero-order valence-corrected chi connectivity index (χ0v) is 15.2. The van der Waals surface area contributed by atoms with Gasteiger partial charge in [0.1, 0.15) is 18.0 Å². The molecule has 6 nitrogen and oxygen atoms in total. The Kier molecular flexibility index (Phi) is 4.73. The Morgan fingerprint density at radius 2 is 1.81 bits per heavy atom. The standard InChI is InChI=1S/C20H25N5O/c1-23-9-10-25(14-20(23)26)19-12-18(21-15-22-19)24-8-7-17(13-24)11-16-5-3-2-4-6-16/h2-6,12,15,17H,7-11,13-14H2,1H3. The molecule has 3 heterocycles. The van der Waals surface area contributed by atoms with Gasteiger partial charge in [0.05, 0.1) is 6.54 Å². The Morgan fingerprint density at radius 1 is 1.04 bits per heavy atom. The Bertz CT molecular complexity index is 766. The van der Waals surface area contributed by atoms with Crippen LogP contribution in [0.2, 0.25) is 0 Å². The second-order valence-corrected chi connectivity index (χ2v) is 7.26. The van der Waals surface area contributed by atoms with Gasteiger partial charge in [-0.1, -0.05) is 30.3 Å². The van der Waals surface area contributed by atoms with Crippen LogP contribution in [0.5, 0.6) is 0 Å². The van der Waals surface area contributed by atoms with E-state index in [2.05, 4.69) is 45.2 Å². The zero-order chi connectivity index (χ0) is 17.9. The summed E-state index contributed by atoms with van der Waals surface area (Å²) in [4.78, 5) is 27.0. The number of carbonyl (C=O) groups is 1. The maximum Gasteiger partial charge on any atom is 0.241 e. The highest BCUT2D eigenvalue weighted by Crippen LogP contribution is 2.26. The molecular formula is C20H25N5O. The van der Waals surface area contributed by atoms with Gasteiger partial charge in [-0.05, 0) is 24.3 Å². The van der Waals surface area contributed by atoms with Crippen LogP contribution in [-0.4, -0.2) is 60.5 Å². The number of piperazine rings is 1. The van der Waals surface area contributed by atoms with E-state index in [9.17, 15) is 4.79 Å². The number of amides is 1. The smallest absolute Gasteiger partial charge is 0.241 e. The van der Waals surface area contributed by atoms with Crippen LogP contribution in [0.3, 0.4) is 0 Å². The average molecular weight is 351 g/mol. The molecule has 6 heteroatoms. The molecule has 0 saturated carbocycles. The summed E-state index contributed by atoms with van der Waals surface area (Å²) in [7, 11) is 1.85. The summed E-state index contributed by atoms with van der Waals surface area (Å²) in [6.45, 7) is 3.99. The minimum absolute atomic E-state index is 0.139. The van der Waals surface area contributed by atoms with E-state index in [0.717, 1.165) is 44.2 Å². The van der Waals surface area contributed by atoms with Crippen molar-refractivity contribution in [3.8, 4) is 0 Å². The molecule has 2 aromatic rings. The highest BCUT2D eigenvalue weighted by Gasteiger charge is 2.26. The molecule has 1 aromatic carbocycles. The molecule has 26 heavy (non-hydrogen) atoms. The van der Waals surface area contributed by atoms with Gasteiger partial charge in [0.25, 0.3) is 0 Å². The first-order chi connectivity index (χ1) is 12.7. The van der Waals surface area contributed by atoms with Crippen LogP contribution in [0.4, 0.5) is 11.6 Å². The molecule has 2 aliphatic rings. The van der Waals surface area contributed by atoms with E-state index in [1.807, 2.05) is 18.0 Å². The quantitative estimate of drug-likeness (QED) is 0.841. The molecule has 0 spiro atoms. The second kappa shape index (κ2) is 7.32. The molecule has 0 radical (unpaired) electrons. The van der Waals surface area contributed by atoms with Gasteiger partial charge >= 0.3 is 0 Å². The van der Waals surface area contributed by atoms with Crippen LogP contribution < -0.4 is 9.80 Å². The summed E-state index contributed by atoms with van der Waals surface area (Å²) in [5.41, 5.74) is 1.40. The van der Waals surface area contributed by atoms with Crippen LogP contribution >= 0.6 is 0 Å². The van der Waals surface area contributed by atoms with Gasteiger partial charge < -0.3 is 14.7 Å². The molecule has 1 atom stereocenters. The first kappa shape index (κ1) is 16.8. The highest BCUT2D eigenvalue weighted by atomic mass is 16.2. The van der Waals surface area contributed by atoms with E-state index in [1.54, 1.807) is 11.2 Å². The minimum atomic E-state index is 0.139. The molecule has 2 aliphatic heterocycles. The lowest BCUT2D eigenvalue weighted by molar-refractivity contribution is -0.129. The van der Waals surface area contributed by atoms with E-state index in [1.165, 1.54) is 12.0 Å². The van der Waals surface area contributed by atoms with Crippen molar-refractivity contribution in [1.29, 1.82) is 0 Å². The zero-order valence-electron chi connectivity index (χ0n) is 15.2. The van der Waals surface area contributed by atoms with E-state index in [0.29, 0.717) is 12.5 Å². The van der Waals surface area contributed by atoms with Gasteiger partial charge in [-0.3, -0.25) is 4.79 Å². The van der Waals surface area contributed by atoms with Crippen molar-refractivity contribution in [3.63, 3.8) is 0 Å². The molecule has 1 amide bonds. The largest absolute Gasteiger partial charge is 0.356 e. The molecule has 136 valence electrons. The lowest BCUT2D eigenvalue weighted by atomic mass is 9.99. The van der Waals surface area contributed by atoms with Crippen molar-refractivity contribution in [2.24, 2.45) is 5.92 Å². The van der Waals surface area contributed by atoms with Gasteiger partial charge in [-0.25, -0.2) is 9.97 Å². The van der Waals surface area contributed by atoms with E-state index >= 15 is 0 Å². The van der Waals surface area contributed by atoms with Crippen LogP contribution in [0.1, 0.15) is 12.0 Å². The molecule has 0 bridgehead atoms. The second-order valence-electron chi connectivity index (χ2n) is 7.26. The third kappa shape index (κ3) is 3.64. The fourth-order valence-corrected chi connectivity index (χ4v) is 3.79. The van der Waals surface area contributed by atoms with Crippen molar-refractivity contribution >= 4 is 17.5 Å². The summed E-state index contributed by atoms with van der Waals surface area (Å²) in [5, 5.41) is 0. The number of nitrogens with zero attached hydrogens (tertiary/aromatic N) is 5. The fraction of sp³-hybridized carbons (Fsp3) is 0.450. The molecule has 4 rings (SSSR count). The van der Waals surface area contributed by atoms with Crippen LogP contribution in [-0.2, 0) is 11.2 Å². The number of benzene rings is 1. The van der Waals surface area contributed by atoms with Gasteiger partial charge in [0, 0.05) is 39.3 Å². The van der Waals surface area contributed by atoms with Gasteiger partial charge in [-0.15, -0.1) is 0 Å². The molecule has 1 unspecified atom stereocenters. The van der Waals surface area contributed by atoms with Crippen LogP contribution in [0, 0.1) is 5.92 Å². The Hall–Kier alpha value is -2.63. The number of anilines is 2. The molecule has 0 N–H and O–H groups in total. The minimum Gasteiger partial charge on any atom is -0.356 e. The molecule has 0 aliphatic carbocycles. The number of hydrogen-bond acceptors (Lipinski definition) is 5. The first-order valence-electron chi connectivity index (χ1n) is 9.29. The maximum atomic E-state index is 12.0. The summed E-state index contributed by atoms with van der Waals surface area (Å²) >= 11 is 0. The SMILES string of the molecule is CN1CCN(c2cc(N3CCC(Cc4ccccc4)C3)ncn2)CC1=O. The summed E-state index contributed by atoms with van der Waals surface area (Å²) < 4.78 is 0. The number of rotatable bonds is 4. The lowest BCUT2D eigenvalue weighted by Crippen LogP contribution is -2.48. The highest BCUT2D eigenvalue weighted by molar-refractivity contribution is 5.82. The van der Waals surface area contributed by atoms with Crippen molar-refractivity contribution < 1.29 is 4.79 Å². The molecule has 1 aromatic heterocycles. The number of aromatic nitrogens is 2. The van der Waals surface area contributed by atoms with Crippen LogP contribution in [0.25, 0.3) is 0 Å². The summed E-state index contributed by atoms with van der Waals surface area (Å²) in [5.74, 6) is 2.61. The van der Waals surface area contributed by atoms with Gasteiger partial charge in [-0.2, -0.15) is 0 Å². The first-order valence-corrected chi connectivity index (χ1v) is 9.29. The number of likely N-dealkylation sites (N-methyl/N-ethyl adjacent to an activating group) is 1. The van der Waals surface area contributed by atoms with Crippen LogP contribution in [0.15, 0.2) is 42.7 Å². The maximum absolute atomic E-state index is 12.0.